The number of nitrogens with zero attached hydrogens (tertiary/aromatic N) is 4. The molecule has 3 aliphatic heterocycles. The number of nitrogens with one attached hydrogen (secondary N) is 1. The lowest BCUT2D eigenvalue weighted by Crippen LogP contribution is -2.51. The number of ether oxygens (including phenoxy) is 6. The molecule has 2 N–H and O–H groups in total. The first-order valence-electron chi connectivity index (χ1n) is 22.6. The minimum Gasteiger partial charge on any atom is -0.508 e. The molecule has 3 heterocycles. The van der Waals surface area contributed by atoms with Crippen molar-refractivity contribution in [1.82, 2.24) is 24.9 Å². The summed E-state index contributed by atoms with van der Waals surface area (Å²) >= 11 is 0. The quantitative estimate of drug-likeness (QED) is 0.176. The van der Waals surface area contributed by atoms with E-state index < -0.39 is 52.6 Å². The van der Waals surface area contributed by atoms with Crippen LogP contribution in [0.1, 0.15) is 113 Å². The van der Waals surface area contributed by atoms with E-state index >= 15 is 0 Å². The average Bonchev–Trinajstić information content (AvgIpc) is 3.49. The number of hydrogen-bond donors (Lipinski definition) is 2. The Bertz CT molecular complexity index is 2250. The lowest BCUT2D eigenvalue weighted by atomic mass is 9.77. The highest BCUT2D eigenvalue weighted by atomic mass is 16.6. The zero-order valence-corrected chi connectivity index (χ0v) is 39.9. The zero-order chi connectivity index (χ0) is 48.2. The van der Waals surface area contributed by atoms with Gasteiger partial charge in [0, 0.05) is 99.8 Å². The number of carbonyl (C=O) groups excluding carboxylic acids is 5. The van der Waals surface area contributed by atoms with Crippen molar-refractivity contribution in [1.29, 1.82) is 0 Å². The predicted molar refractivity (Wildman–Crippen MR) is 244 cm³/mol. The standard InChI is InChI=1S/C49H65N5O12/c1-11-28-61-34-14-17-38-40(31-34)62-39-30-33(55)13-16-37(39)49(38)36-15-12-32(29-35(36)42(57)63-49)41(56)50-18-19-51-20-22-52(43(58)64-46(2,3)4)24-26-54(45(60)66-48(8,9)10)27-25-53(23-21-51)44(59)65-47(5,6)7/h12-17,29-31,55H,11,18-28H2,1-10H3,(H,50,56). The first-order valence-corrected chi connectivity index (χ1v) is 22.6. The third-order valence-electron chi connectivity index (χ3n) is 10.8. The monoisotopic (exact) mass is 915 g/mol. The first-order chi connectivity index (χ1) is 31.0. The molecule has 17 nitrogen and oxygen atoms in total. The van der Waals surface area contributed by atoms with Crippen LogP contribution < -0.4 is 14.8 Å². The van der Waals surface area contributed by atoms with Gasteiger partial charge in [-0.05, 0) is 105 Å². The highest BCUT2D eigenvalue weighted by Gasteiger charge is 2.54. The van der Waals surface area contributed by atoms with Crippen molar-refractivity contribution in [2.24, 2.45) is 0 Å². The van der Waals surface area contributed by atoms with E-state index in [0.29, 0.717) is 60.2 Å². The second-order valence-corrected chi connectivity index (χ2v) is 19.6. The van der Waals surface area contributed by atoms with Crippen molar-refractivity contribution >= 4 is 30.2 Å². The number of esters is 1. The van der Waals surface area contributed by atoms with Crippen molar-refractivity contribution in [3.8, 4) is 23.0 Å². The Hall–Kier alpha value is -6.23. The molecule has 1 atom stereocenters. The molecule has 3 aromatic rings. The molecular formula is C49H65N5O12. The Morgan fingerprint density at radius 2 is 1.15 bits per heavy atom. The van der Waals surface area contributed by atoms with Gasteiger partial charge in [-0.3, -0.25) is 9.69 Å². The Balaban J connectivity index is 1.21. The molecule has 1 saturated heterocycles. The van der Waals surface area contributed by atoms with E-state index in [0.717, 1.165) is 6.42 Å². The maximum atomic E-state index is 13.8. The molecule has 0 saturated carbocycles. The van der Waals surface area contributed by atoms with Crippen LogP contribution in [0.3, 0.4) is 0 Å². The summed E-state index contributed by atoms with van der Waals surface area (Å²) in [5, 5.41) is 13.4. The van der Waals surface area contributed by atoms with E-state index in [-0.39, 0.29) is 62.7 Å². The summed E-state index contributed by atoms with van der Waals surface area (Å²) in [6.45, 7) is 20.7. The van der Waals surface area contributed by atoms with Crippen molar-refractivity contribution in [3.05, 3.63) is 82.4 Å². The second-order valence-electron chi connectivity index (χ2n) is 19.6. The fourth-order valence-corrected chi connectivity index (χ4v) is 7.78. The molecule has 3 aromatic carbocycles. The molecule has 1 spiro atoms. The van der Waals surface area contributed by atoms with E-state index in [1.54, 1.807) is 109 Å². The molecule has 1 fully saturated rings. The number of phenolic OH excluding ortho intramolecular Hbond substituents is 1. The van der Waals surface area contributed by atoms with E-state index in [2.05, 4.69) is 5.32 Å². The van der Waals surface area contributed by atoms with Gasteiger partial charge in [-0.25, -0.2) is 19.2 Å². The zero-order valence-electron chi connectivity index (χ0n) is 39.9. The van der Waals surface area contributed by atoms with Crippen molar-refractivity contribution in [2.75, 3.05) is 72.1 Å². The smallest absolute Gasteiger partial charge is 0.410 e. The largest absolute Gasteiger partial charge is 0.508 e. The third-order valence-corrected chi connectivity index (χ3v) is 10.8. The number of hydrogen-bond acceptors (Lipinski definition) is 13. The molecule has 0 bridgehead atoms. The summed E-state index contributed by atoms with van der Waals surface area (Å²) < 4.78 is 35.6. The fraction of sp³-hybridized carbons (Fsp3) is 0.531. The lowest BCUT2D eigenvalue weighted by molar-refractivity contribution is 0.00475. The number of carbonyl (C=O) groups is 5. The van der Waals surface area contributed by atoms with Crippen LogP contribution in [0.2, 0.25) is 0 Å². The minimum absolute atomic E-state index is 0.0256. The van der Waals surface area contributed by atoms with Gasteiger partial charge in [0.25, 0.3) is 5.91 Å². The van der Waals surface area contributed by atoms with Crippen LogP contribution in [-0.2, 0) is 24.5 Å². The summed E-state index contributed by atoms with van der Waals surface area (Å²) in [6, 6.07) is 14.8. The molecule has 1 unspecified atom stereocenters. The molecule has 0 radical (unpaired) electrons. The normalized spacial score (nSPS) is 18.1. The van der Waals surface area contributed by atoms with Gasteiger partial charge in [-0.15, -0.1) is 0 Å². The molecular weight excluding hydrogens is 851 g/mol. The molecule has 66 heavy (non-hydrogen) atoms. The topological polar surface area (TPSA) is 186 Å². The van der Waals surface area contributed by atoms with E-state index in [1.165, 1.54) is 23.1 Å². The maximum absolute atomic E-state index is 13.8. The van der Waals surface area contributed by atoms with Gasteiger partial charge in [-0.2, -0.15) is 0 Å². The highest BCUT2D eigenvalue weighted by Crippen LogP contribution is 2.57. The van der Waals surface area contributed by atoms with Crippen LogP contribution in [-0.4, -0.2) is 144 Å². The molecule has 6 rings (SSSR count). The highest BCUT2D eigenvalue weighted by molar-refractivity contribution is 6.01. The molecule has 358 valence electrons. The SMILES string of the molecule is CCCOc1ccc2c(c1)Oc1cc(O)ccc1C21OC(=O)c2cc(C(=O)NCCN3CCN(C(=O)OC(C)(C)C)CCN(C(=O)OC(C)(C)C)CCN(C(=O)OC(C)(C)C)CC3)ccc21. The van der Waals surface area contributed by atoms with Gasteiger partial charge in [0.1, 0.15) is 39.8 Å². The number of rotatable bonds is 7. The average molecular weight is 916 g/mol. The van der Waals surface area contributed by atoms with E-state index in [1.807, 2.05) is 11.8 Å². The number of amides is 4. The molecule has 3 aliphatic rings. The molecule has 0 aromatic heterocycles. The van der Waals surface area contributed by atoms with Gasteiger partial charge >= 0.3 is 24.2 Å². The van der Waals surface area contributed by atoms with Gasteiger partial charge < -0.3 is 53.5 Å². The van der Waals surface area contributed by atoms with E-state index in [4.69, 9.17) is 28.4 Å². The minimum atomic E-state index is -1.42. The summed E-state index contributed by atoms with van der Waals surface area (Å²) in [5.74, 6) is 0.204. The molecule has 17 heteroatoms. The number of benzene rings is 3. The summed E-state index contributed by atoms with van der Waals surface area (Å²) in [4.78, 5) is 74.7. The van der Waals surface area contributed by atoms with Crippen LogP contribution in [0.5, 0.6) is 23.0 Å². The summed E-state index contributed by atoms with van der Waals surface area (Å²) in [5.41, 5.74) is -1.69. The van der Waals surface area contributed by atoms with Crippen molar-refractivity contribution in [3.63, 3.8) is 0 Å². The van der Waals surface area contributed by atoms with Gasteiger partial charge in [0.15, 0.2) is 5.60 Å². The third kappa shape index (κ3) is 12.0. The number of aromatic hydroxyl groups is 1. The fourth-order valence-electron chi connectivity index (χ4n) is 7.78. The van der Waals surface area contributed by atoms with Gasteiger partial charge in [0.2, 0.25) is 0 Å². The summed E-state index contributed by atoms with van der Waals surface area (Å²) in [6.07, 6.45) is -0.848. The van der Waals surface area contributed by atoms with E-state index in [9.17, 15) is 29.1 Å². The Labute approximate surface area is 387 Å². The number of fused-ring (bicyclic) bond motifs is 6. The van der Waals surface area contributed by atoms with Crippen molar-refractivity contribution < 1.29 is 57.5 Å². The van der Waals surface area contributed by atoms with Crippen LogP contribution in [0, 0.1) is 0 Å². The lowest BCUT2D eigenvalue weighted by Gasteiger charge is -2.36. The molecule has 4 amide bonds. The first kappa shape index (κ1) is 49.2. The summed E-state index contributed by atoms with van der Waals surface area (Å²) in [7, 11) is 0. The van der Waals surface area contributed by atoms with Crippen LogP contribution >= 0.6 is 0 Å². The van der Waals surface area contributed by atoms with Crippen LogP contribution in [0.15, 0.2) is 54.6 Å². The van der Waals surface area contributed by atoms with Gasteiger partial charge in [-0.1, -0.05) is 13.0 Å². The maximum Gasteiger partial charge on any atom is 0.410 e. The van der Waals surface area contributed by atoms with Crippen LogP contribution in [0.25, 0.3) is 0 Å². The predicted octanol–water partition coefficient (Wildman–Crippen LogP) is 7.51. The molecule has 0 aliphatic carbocycles. The van der Waals surface area contributed by atoms with Crippen LogP contribution in [0.4, 0.5) is 14.4 Å². The Morgan fingerprint density at radius 1 is 0.667 bits per heavy atom. The van der Waals surface area contributed by atoms with Crippen molar-refractivity contribution in [2.45, 2.75) is 98.1 Å². The second kappa shape index (κ2) is 19.7. The Morgan fingerprint density at radius 3 is 1.67 bits per heavy atom. The van der Waals surface area contributed by atoms with Gasteiger partial charge in [0.05, 0.1) is 12.2 Å². The Kier molecular flexibility index (Phi) is 14.7. The number of phenols is 1.